The van der Waals surface area contributed by atoms with Crippen LogP contribution in [-0.4, -0.2) is 49.9 Å². The molecule has 2 heterocycles. The Balaban J connectivity index is 1.77. The van der Waals surface area contributed by atoms with E-state index in [0.717, 1.165) is 10.9 Å². The lowest BCUT2D eigenvalue weighted by Crippen LogP contribution is -2.43. The van der Waals surface area contributed by atoms with Crippen LogP contribution in [-0.2, 0) is 14.6 Å². The van der Waals surface area contributed by atoms with Crippen molar-refractivity contribution in [3.63, 3.8) is 0 Å². The van der Waals surface area contributed by atoms with Gasteiger partial charge in [0.1, 0.15) is 11.3 Å². The van der Waals surface area contributed by atoms with Gasteiger partial charge in [-0.05, 0) is 44.9 Å². The number of carbonyl (C=O) groups excluding carboxylic acids is 1. The second-order valence-electron chi connectivity index (χ2n) is 6.84. The molecule has 0 unspecified atom stereocenters. The van der Waals surface area contributed by atoms with Gasteiger partial charge in [0.2, 0.25) is 0 Å². The molecule has 0 bridgehead atoms. The third-order valence-electron chi connectivity index (χ3n) is 4.98. The summed E-state index contributed by atoms with van der Waals surface area (Å²) in [6.45, 7) is 5.64. The molecule has 1 saturated heterocycles. The van der Waals surface area contributed by atoms with Crippen molar-refractivity contribution < 1.29 is 22.4 Å². The number of hydrogen-bond acceptors (Lipinski definition) is 6. The Morgan fingerprint density at radius 3 is 2.70 bits per heavy atom. The van der Waals surface area contributed by atoms with Crippen LogP contribution in [0.2, 0.25) is 0 Å². The topological polar surface area (TPSA) is 93.9 Å². The van der Waals surface area contributed by atoms with Crippen LogP contribution in [0.4, 0.5) is 0 Å². The molecule has 0 aliphatic carbocycles. The van der Waals surface area contributed by atoms with E-state index in [1.54, 1.807) is 24.0 Å². The van der Waals surface area contributed by atoms with Crippen molar-refractivity contribution in [1.29, 1.82) is 0 Å². The average molecular weight is 393 g/mol. The number of rotatable bonds is 5. The first-order valence-corrected chi connectivity index (χ1v) is 10.7. The van der Waals surface area contributed by atoms with Crippen LogP contribution in [0.15, 0.2) is 27.4 Å². The zero-order valence-corrected chi connectivity index (χ0v) is 16.5. The van der Waals surface area contributed by atoms with Crippen LogP contribution in [0.5, 0.6) is 5.75 Å². The van der Waals surface area contributed by atoms with Gasteiger partial charge in [-0.1, -0.05) is 0 Å². The molecular formula is C19H23NO6S. The second kappa shape index (κ2) is 7.34. The van der Waals surface area contributed by atoms with Gasteiger partial charge in [-0.3, -0.25) is 4.79 Å². The molecule has 0 spiro atoms. The summed E-state index contributed by atoms with van der Waals surface area (Å²) in [5.41, 5.74) is 1.47. The van der Waals surface area contributed by atoms with Crippen molar-refractivity contribution in [3.8, 4) is 5.75 Å². The lowest BCUT2D eigenvalue weighted by Gasteiger charge is -2.27. The molecule has 1 amide bonds. The third-order valence-corrected chi connectivity index (χ3v) is 6.73. The van der Waals surface area contributed by atoms with Gasteiger partial charge in [0.25, 0.3) is 5.91 Å². The number of nitrogens with zero attached hydrogens (tertiary/aromatic N) is 1. The van der Waals surface area contributed by atoms with E-state index < -0.39 is 15.5 Å². The van der Waals surface area contributed by atoms with Gasteiger partial charge in [0.15, 0.2) is 16.4 Å². The fourth-order valence-corrected chi connectivity index (χ4v) is 5.27. The SMILES string of the molecule is CCN(C(=O)COc1ccc2c(C)cc(=O)oc2c1C)[C@@H]1CCS(=O)(=O)C1. The van der Waals surface area contributed by atoms with Gasteiger partial charge in [0, 0.05) is 29.6 Å². The molecule has 0 radical (unpaired) electrons. The van der Waals surface area contributed by atoms with E-state index in [-0.39, 0.29) is 30.1 Å². The molecule has 2 aromatic rings. The van der Waals surface area contributed by atoms with E-state index in [1.807, 2.05) is 13.8 Å². The van der Waals surface area contributed by atoms with E-state index in [4.69, 9.17) is 9.15 Å². The standard InChI is InChI=1S/C19H23NO6S/c1-4-20(14-7-8-27(23,24)11-14)17(21)10-25-16-6-5-15-12(2)9-18(22)26-19(15)13(16)3/h5-6,9,14H,4,7-8,10-11H2,1-3H3/t14-/m1/s1. The van der Waals surface area contributed by atoms with E-state index in [9.17, 15) is 18.0 Å². The van der Waals surface area contributed by atoms with E-state index in [0.29, 0.717) is 29.9 Å². The molecule has 1 aliphatic rings. The minimum absolute atomic E-state index is 0.00597. The first-order chi connectivity index (χ1) is 12.7. The van der Waals surface area contributed by atoms with Gasteiger partial charge in [-0.25, -0.2) is 13.2 Å². The summed E-state index contributed by atoms with van der Waals surface area (Å²) in [7, 11) is -3.07. The molecule has 0 saturated carbocycles. The van der Waals surface area contributed by atoms with Crippen LogP contribution in [0, 0.1) is 13.8 Å². The fourth-order valence-electron chi connectivity index (χ4n) is 3.54. The molecule has 146 valence electrons. The molecule has 1 aromatic heterocycles. The Kier molecular flexibility index (Phi) is 5.28. The smallest absolute Gasteiger partial charge is 0.336 e. The number of aryl methyl sites for hydroxylation is 2. The van der Waals surface area contributed by atoms with Crippen molar-refractivity contribution in [2.45, 2.75) is 33.2 Å². The summed E-state index contributed by atoms with van der Waals surface area (Å²) in [6, 6.07) is 4.67. The number of hydrogen-bond donors (Lipinski definition) is 0. The maximum Gasteiger partial charge on any atom is 0.336 e. The fraction of sp³-hybridized carbons (Fsp3) is 0.474. The van der Waals surface area contributed by atoms with E-state index in [2.05, 4.69) is 0 Å². The van der Waals surface area contributed by atoms with Crippen molar-refractivity contribution in [1.82, 2.24) is 4.90 Å². The van der Waals surface area contributed by atoms with Gasteiger partial charge in [0.05, 0.1) is 11.5 Å². The van der Waals surface area contributed by atoms with Crippen LogP contribution in [0.25, 0.3) is 11.0 Å². The molecule has 27 heavy (non-hydrogen) atoms. The summed E-state index contributed by atoms with van der Waals surface area (Å²) >= 11 is 0. The Labute approximate surface area is 157 Å². The van der Waals surface area contributed by atoms with E-state index >= 15 is 0 Å². The molecule has 3 rings (SSSR count). The lowest BCUT2D eigenvalue weighted by molar-refractivity contribution is -0.135. The molecular weight excluding hydrogens is 370 g/mol. The zero-order valence-electron chi connectivity index (χ0n) is 15.6. The maximum absolute atomic E-state index is 12.6. The lowest BCUT2D eigenvalue weighted by atomic mass is 10.1. The number of ether oxygens (including phenoxy) is 1. The minimum Gasteiger partial charge on any atom is -0.483 e. The number of amides is 1. The Hall–Kier alpha value is -2.35. The minimum atomic E-state index is -3.07. The highest BCUT2D eigenvalue weighted by Gasteiger charge is 2.34. The Morgan fingerprint density at radius 1 is 1.33 bits per heavy atom. The number of likely N-dealkylation sites (N-methyl/N-ethyl adjacent to an activating group) is 1. The summed E-state index contributed by atoms with van der Waals surface area (Å²) in [4.78, 5) is 25.8. The van der Waals surface area contributed by atoms with Crippen LogP contribution >= 0.6 is 0 Å². The quantitative estimate of drug-likeness (QED) is 0.720. The highest BCUT2D eigenvalue weighted by Crippen LogP contribution is 2.28. The zero-order chi connectivity index (χ0) is 19.8. The van der Waals surface area contributed by atoms with Crippen molar-refractivity contribution in [2.75, 3.05) is 24.7 Å². The van der Waals surface area contributed by atoms with Gasteiger partial charge in [-0.2, -0.15) is 0 Å². The summed E-state index contributed by atoms with van der Waals surface area (Å²) < 4.78 is 34.3. The van der Waals surface area contributed by atoms with Crippen LogP contribution < -0.4 is 10.4 Å². The highest BCUT2D eigenvalue weighted by atomic mass is 32.2. The van der Waals surface area contributed by atoms with E-state index in [1.165, 1.54) is 6.07 Å². The normalized spacial score (nSPS) is 18.6. The highest BCUT2D eigenvalue weighted by molar-refractivity contribution is 7.91. The predicted molar refractivity (Wildman–Crippen MR) is 102 cm³/mol. The first kappa shape index (κ1) is 19.4. The molecule has 1 atom stereocenters. The maximum atomic E-state index is 12.6. The van der Waals surface area contributed by atoms with Crippen molar-refractivity contribution in [3.05, 3.63) is 39.7 Å². The van der Waals surface area contributed by atoms with Crippen LogP contribution in [0.3, 0.4) is 0 Å². The molecule has 7 nitrogen and oxygen atoms in total. The number of benzene rings is 1. The summed E-state index contributed by atoms with van der Waals surface area (Å²) in [5, 5.41) is 0.817. The number of fused-ring (bicyclic) bond motifs is 1. The second-order valence-corrected chi connectivity index (χ2v) is 9.07. The van der Waals surface area contributed by atoms with Gasteiger partial charge in [-0.15, -0.1) is 0 Å². The summed E-state index contributed by atoms with van der Waals surface area (Å²) in [6.07, 6.45) is 0.460. The third kappa shape index (κ3) is 4.00. The first-order valence-electron chi connectivity index (χ1n) is 8.88. The Bertz CT molecular complexity index is 1040. The predicted octanol–water partition coefficient (Wildman–Crippen LogP) is 1.82. The Morgan fingerprint density at radius 2 is 2.07 bits per heavy atom. The van der Waals surface area contributed by atoms with Crippen molar-refractivity contribution in [2.24, 2.45) is 0 Å². The molecule has 1 aromatic carbocycles. The molecule has 1 fully saturated rings. The number of sulfone groups is 1. The van der Waals surface area contributed by atoms with Crippen LogP contribution in [0.1, 0.15) is 24.5 Å². The summed E-state index contributed by atoms with van der Waals surface area (Å²) in [5.74, 6) is 0.320. The monoisotopic (exact) mass is 393 g/mol. The van der Waals surface area contributed by atoms with Gasteiger partial charge < -0.3 is 14.1 Å². The molecule has 1 aliphatic heterocycles. The van der Waals surface area contributed by atoms with Gasteiger partial charge >= 0.3 is 5.63 Å². The largest absolute Gasteiger partial charge is 0.483 e. The average Bonchev–Trinajstić information content (AvgIpc) is 2.95. The molecule has 8 heteroatoms. The number of carbonyl (C=O) groups is 1. The van der Waals surface area contributed by atoms with Crippen molar-refractivity contribution >= 4 is 26.7 Å². The molecule has 0 N–H and O–H groups in total.